The van der Waals surface area contributed by atoms with Gasteiger partial charge in [-0.25, -0.2) is 0 Å². The van der Waals surface area contributed by atoms with E-state index in [2.05, 4.69) is 0 Å². The number of nitrogens with zero attached hydrogens (tertiary/aromatic N) is 1. The molecular formula is C10H17N3O2. The number of rotatable bonds is 2. The SMILES string of the molecule is N=C(N)OC1CCN(C(=O)C2CC2)CC1. The molecule has 1 heterocycles. The van der Waals surface area contributed by atoms with Crippen LogP contribution in [0.25, 0.3) is 0 Å². The van der Waals surface area contributed by atoms with Gasteiger partial charge in [-0.15, -0.1) is 0 Å². The highest BCUT2D eigenvalue weighted by Crippen LogP contribution is 2.32. The first-order valence-corrected chi connectivity index (χ1v) is 5.46. The smallest absolute Gasteiger partial charge is 0.279 e. The van der Waals surface area contributed by atoms with Gasteiger partial charge in [-0.2, -0.15) is 0 Å². The molecule has 1 saturated carbocycles. The molecule has 0 spiro atoms. The molecule has 2 aliphatic rings. The number of amides is 1. The summed E-state index contributed by atoms with van der Waals surface area (Å²) >= 11 is 0. The highest BCUT2D eigenvalue weighted by atomic mass is 16.5. The van der Waals surface area contributed by atoms with E-state index in [9.17, 15) is 4.79 Å². The standard InChI is InChI=1S/C10H17N3O2/c11-10(12)15-8-3-5-13(6-4-8)9(14)7-1-2-7/h7-8H,1-6H2,(H3,11,12). The van der Waals surface area contributed by atoms with Gasteiger partial charge < -0.3 is 15.4 Å². The van der Waals surface area contributed by atoms with E-state index in [4.69, 9.17) is 15.9 Å². The summed E-state index contributed by atoms with van der Waals surface area (Å²) in [6, 6.07) is -0.220. The lowest BCUT2D eigenvalue weighted by Crippen LogP contribution is -2.42. The number of hydrogen-bond acceptors (Lipinski definition) is 3. The molecule has 84 valence electrons. The molecule has 15 heavy (non-hydrogen) atoms. The number of ether oxygens (including phenoxy) is 1. The molecule has 5 nitrogen and oxygen atoms in total. The van der Waals surface area contributed by atoms with Crippen LogP contribution in [0.3, 0.4) is 0 Å². The Balaban J connectivity index is 1.76. The number of nitrogens with one attached hydrogen (secondary N) is 1. The van der Waals surface area contributed by atoms with Gasteiger partial charge in [0.05, 0.1) is 0 Å². The van der Waals surface area contributed by atoms with Crippen molar-refractivity contribution >= 4 is 11.9 Å². The Labute approximate surface area is 89.1 Å². The van der Waals surface area contributed by atoms with Crippen LogP contribution in [0.4, 0.5) is 0 Å². The third kappa shape index (κ3) is 2.61. The summed E-state index contributed by atoms with van der Waals surface area (Å²) < 4.78 is 5.12. The quantitative estimate of drug-likeness (QED) is 0.509. The van der Waals surface area contributed by atoms with E-state index in [0.29, 0.717) is 11.8 Å². The third-order valence-electron chi connectivity index (χ3n) is 2.97. The molecule has 0 aromatic carbocycles. The maximum Gasteiger partial charge on any atom is 0.279 e. The Kier molecular flexibility index (Phi) is 2.79. The van der Waals surface area contributed by atoms with Crippen LogP contribution < -0.4 is 5.73 Å². The number of piperidine rings is 1. The van der Waals surface area contributed by atoms with Crippen molar-refractivity contribution < 1.29 is 9.53 Å². The Morgan fingerprint density at radius 1 is 1.27 bits per heavy atom. The molecule has 1 aliphatic carbocycles. The Bertz CT molecular complexity index is 268. The summed E-state index contributed by atoms with van der Waals surface area (Å²) in [6.45, 7) is 1.49. The minimum absolute atomic E-state index is 0.0192. The first-order valence-electron chi connectivity index (χ1n) is 5.46. The largest absolute Gasteiger partial charge is 0.462 e. The van der Waals surface area contributed by atoms with Crippen LogP contribution in [-0.2, 0) is 9.53 Å². The molecular weight excluding hydrogens is 194 g/mol. The van der Waals surface area contributed by atoms with Gasteiger partial charge in [-0.05, 0) is 12.8 Å². The van der Waals surface area contributed by atoms with Gasteiger partial charge in [0.25, 0.3) is 6.02 Å². The van der Waals surface area contributed by atoms with E-state index in [1.54, 1.807) is 0 Å². The minimum atomic E-state index is -0.220. The van der Waals surface area contributed by atoms with Crippen LogP contribution in [0.15, 0.2) is 0 Å². The maximum atomic E-state index is 11.7. The molecule has 0 bridgehead atoms. The lowest BCUT2D eigenvalue weighted by molar-refractivity contribution is -0.134. The molecule has 1 aliphatic heterocycles. The van der Waals surface area contributed by atoms with Crippen LogP contribution in [0.2, 0.25) is 0 Å². The van der Waals surface area contributed by atoms with E-state index in [0.717, 1.165) is 38.8 Å². The van der Waals surface area contributed by atoms with Crippen LogP contribution in [0, 0.1) is 11.3 Å². The lowest BCUT2D eigenvalue weighted by atomic mass is 10.1. The van der Waals surface area contributed by atoms with E-state index < -0.39 is 0 Å². The number of nitrogens with two attached hydrogens (primary N) is 1. The van der Waals surface area contributed by atoms with Crippen LogP contribution in [0.1, 0.15) is 25.7 Å². The molecule has 3 N–H and O–H groups in total. The van der Waals surface area contributed by atoms with E-state index in [1.807, 2.05) is 4.90 Å². The molecule has 0 aromatic rings. The second-order valence-corrected chi connectivity index (χ2v) is 4.28. The topological polar surface area (TPSA) is 79.4 Å². The van der Waals surface area contributed by atoms with Crippen LogP contribution in [0.5, 0.6) is 0 Å². The summed E-state index contributed by atoms with van der Waals surface area (Å²) in [6.07, 6.45) is 3.72. The molecule has 0 radical (unpaired) electrons. The van der Waals surface area contributed by atoms with Gasteiger partial charge in [-0.1, -0.05) is 0 Å². The molecule has 2 fully saturated rings. The monoisotopic (exact) mass is 211 g/mol. The zero-order valence-corrected chi connectivity index (χ0v) is 8.74. The van der Waals surface area contributed by atoms with Crippen molar-refractivity contribution in [3.63, 3.8) is 0 Å². The van der Waals surface area contributed by atoms with Crippen LogP contribution >= 0.6 is 0 Å². The van der Waals surface area contributed by atoms with Crippen molar-refractivity contribution in [1.29, 1.82) is 5.41 Å². The fourth-order valence-corrected chi connectivity index (χ4v) is 1.96. The van der Waals surface area contributed by atoms with Crippen molar-refractivity contribution in [3.8, 4) is 0 Å². The summed E-state index contributed by atoms with van der Waals surface area (Å²) in [4.78, 5) is 13.6. The van der Waals surface area contributed by atoms with E-state index in [-0.39, 0.29) is 12.1 Å². The second kappa shape index (κ2) is 4.08. The molecule has 1 amide bonds. The molecule has 0 aromatic heterocycles. The Morgan fingerprint density at radius 2 is 1.87 bits per heavy atom. The first-order chi connectivity index (χ1) is 7.16. The summed E-state index contributed by atoms with van der Waals surface area (Å²) in [5, 5.41) is 7.02. The van der Waals surface area contributed by atoms with Crippen molar-refractivity contribution in [3.05, 3.63) is 0 Å². The molecule has 0 unspecified atom stereocenters. The van der Waals surface area contributed by atoms with Gasteiger partial charge in [0.2, 0.25) is 5.91 Å². The molecule has 2 rings (SSSR count). The zero-order valence-electron chi connectivity index (χ0n) is 8.74. The minimum Gasteiger partial charge on any atom is -0.462 e. The fraction of sp³-hybridized carbons (Fsp3) is 0.800. The predicted molar refractivity (Wildman–Crippen MR) is 55.3 cm³/mol. The highest BCUT2D eigenvalue weighted by molar-refractivity contribution is 5.81. The number of hydrogen-bond donors (Lipinski definition) is 2. The van der Waals surface area contributed by atoms with Gasteiger partial charge >= 0.3 is 0 Å². The van der Waals surface area contributed by atoms with Crippen LogP contribution in [-0.4, -0.2) is 36.0 Å². The Morgan fingerprint density at radius 3 is 2.33 bits per heavy atom. The summed E-state index contributed by atoms with van der Waals surface area (Å²) in [5.41, 5.74) is 5.16. The van der Waals surface area contributed by atoms with Gasteiger partial charge in [-0.3, -0.25) is 10.2 Å². The Hall–Kier alpha value is -1.26. The zero-order chi connectivity index (χ0) is 10.8. The second-order valence-electron chi connectivity index (χ2n) is 4.28. The van der Waals surface area contributed by atoms with Gasteiger partial charge in [0.1, 0.15) is 6.10 Å². The average Bonchev–Trinajstić information content (AvgIpc) is 3.00. The normalized spacial score (nSPS) is 22.5. The number of likely N-dealkylation sites (tertiary alicyclic amines) is 1. The van der Waals surface area contributed by atoms with Gasteiger partial charge in [0.15, 0.2) is 0 Å². The van der Waals surface area contributed by atoms with Gasteiger partial charge in [0, 0.05) is 31.8 Å². The van der Waals surface area contributed by atoms with Crippen molar-refractivity contribution in [1.82, 2.24) is 4.90 Å². The number of amidine groups is 1. The van der Waals surface area contributed by atoms with Crippen molar-refractivity contribution in [2.24, 2.45) is 11.7 Å². The van der Waals surface area contributed by atoms with E-state index in [1.165, 1.54) is 0 Å². The van der Waals surface area contributed by atoms with Crippen molar-refractivity contribution in [2.75, 3.05) is 13.1 Å². The molecule has 0 atom stereocenters. The third-order valence-corrected chi connectivity index (χ3v) is 2.97. The highest BCUT2D eigenvalue weighted by Gasteiger charge is 2.35. The molecule has 5 heteroatoms. The number of carbonyl (C=O) groups excluding carboxylic acids is 1. The van der Waals surface area contributed by atoms with E-state index >= 15 is 0 Å². The fourth-order valence-electron chi connectivity index (χ4n) is 1.96. The number of carbonyl (C=O) groups is 1. The first kappa shape index (κ1) is 10.3. The summed E-state index contributed by atoms with van der Waals surface area (Å²) in [5.74, 6) is 0.603. The average molecular weight is 211 g/mol. The maximum absolute atomic E-state index is 11.7. The predicted octanol–water partition coefficient (Wildman–Crippen LogP) is 0.297. The van der Waals surface area contributed by atoms with Crippen molar-refractivity contribution in [2.45, 2.75) is 31.8 Å². The summed E-state index contributed by atoms with van der Waals surface area (Å²) in [7, 11) is 0. The molecule has 1 saturated heterocycles. The lowest BCUT2D eigenvalue weighted by Gasteiger charge is -2.31.